The standard InChI is InChI=1S/C24H23Cl3F4N2O6S/c1-13(15-7-16(25)9-17(26)8-15)32-5-3-14(4-6-32)12-38-21-11-20(28)18(10-19(21)27)22(34)33(40(2,36)37)39-23(35)24(29,30)31/h7-11,13-14H,3-6,12H2,1-2H3/t13-/m0/s1. The van der Waals surface area contributed by atoms with Crippen molar-refractivity contribution in [2.45, 2.75) is 32.0 Å². The molecule has 16 heteroatoms. The van der Waals surface area contributed by atoms with E-state index in [-0.39, 0.29) is 29.3 Å². The molecule has 0 radical (unpaired) electrons. The van der Waals surface area contributed by atoms with Gasteiger partial charge in [-0.2, -0.15) is 13.2 Å². The number of halogens is 7. The molecule has 1 aliphatic rings. The molecule has 40 heavy (non-hydrogen) atoms. The van der Waals surface area contributed by atoms with Gasteiger partial charge in [-0.05, 0) is 68.6 Å². The Balaban J connectivity index is 1.64. The summed E-state index contributed by atoms with van der Waals surface area (Å²) in [5.74, 6) is -6.33. The summed E-state index contributed by atoms with van der Waals surface area (Å²) in [6.45, 7) is 3.65. The molecule has 1 fully saturated rings. The van der Waals surface area contributed by atoms with E-state index >= 15 is 0 Å². The average Bonchev–Trinajstić information content (AvgIpc) is 2.85. The van der Waals surface area contributed by atoms with Crippen LogP contribution in [0.1, 0.15) is 41.7 Å². The second kappa shape index (κ2) is 12.7. The lowest BCUT2D eigenvalue weighted by molar-refractivity contribution is -0.216. The number of carbonyl (C=O) groups is 2. The van der Waals surface area contributed by atoms with Crippen LogP contribution in [0.5, 0.6) is 5.75 Å². The lowest BCUT2D eigenvalue weighted by Gasteiger charge is -2.36. The summed E-state index contributed by atoms with van der Waals surface area (Å²) in [6, 6.07) is 6.80. The van der Waals surface area contributed by atoms with Gasteiger partial charge in [0, 0.05) is 22.2 Å². The predicted molar refractivity (Wildman–Crippen MR) is 139 cm³/mol. The number of alkyl halides is 3. The fourth-order valence-electron chi connectivity index (χ4n) is 4.03. The van der Waals surface area contributed by atoms with Crippen LogP contribution < -0.4 is 4.74 Å². The first-order valence-corrected chi connectivity index (χ1v) is 14.6. The van der Waals surface area contributed by atoms with Crippen LogP contribution in [0.15, 0.2) is 30.3 Å². The van der Waals surface area contributed by atoms with E-state index in [1.54, 1.807) is 6.07 Å². The van der Waals surface area contributed by atoms with Gasteiger partial charge in [-0.1, -0.05) is 39.3 Å². The van der Waals surface area contributed by atoms with Crippen molar-refractivity contribution in [1.29, 1.82) is 0 Å². The van der Waals surface area contributed by atoms with Crippen LogP contribution in [0.3, 0.4) is 0 Å². The van der Waals surface area contributed by atoms with Gasteiger partial charge in [-0.25, -0.2) is 17.6 Å². The largest absolute Gasteiger partial charge is 0.493 e. The highest BCUT2D eigenvalue weighted by Crippen LogP contribution is 2.33. The number of piperidine rings is 1. The molecule has 1 saturated heterocycles. The van der Waals surface area contributed by atoms with Gasteiger partial charge in [-0.3, -0.25) is 9.69 Å². The Kier molecular flexibility index (Phi) is 10.2. The van der Waals surface area contributed by atoms with E-state index in [0.717, 1.165) is 31.5 Å². The number of hydrogen-bond acceptors (Lipinski definition) is 7. The minimum atomic E-state index is -5.62. The van der Waals surface area contributed by atoms with E-state index in [2.05, 4.69) is 9.74 Å². The molecule has 8 nitrogen and oxygen atoms in total. The van der Waals surface area contributed by atoms with E-state index in [9.17, 15) is 35.6 Å². The first kappa shape index (κ1) is 32.2. The Morgan fingerprint density at radius 3 is 2.17 bits per heavy atom. The molecule has 0 saturated carbocycles. The lowest BCUT2D eigenvalue weighted by atomic mass is 9.95. The van der Waals surface area contributed by atoms with Gasteiger partial charge in [0.25, 0.3) is 10.0 Å². The molecular weight excluding hydrogens is 627 g/mol. The van der Waals surface area contributed by atoms with E-state index in [1.165, 1.54) is 0 Å². The average molecular weight is 650 g/mol. The Morgan fingerprint density at radius 1 is 1.07 bits per heavy atom. The number of rotatable bonds is 7. The van der Waals surface area contributed by atoms with E-state index < -0.39 is 43.9 Å². The SMILES string of the molecule is C[C@@H](c1cc(Cl)cc(Cl)c1)N1CCC(COc2cc(F)c(C(=O)N(OC(=O)C(F)(F)F)S(C)(=O)=O)cc2Cl)CC1. The summed E-state index contributed by atoms with van der Waals surface area (Å²) in [6.07, 6.45) is -3.84. The number of ether oxygens (including phenoxy) is 1. The molecule has 0 aliphatic carbocycles. The number of benzene rings is 2. The topological polar surface area (TPSA) is 93.2 Å². The third kappa shape index (κ3) is 8.12. The van der Waals surface area contributed by atoms with Crippen molar-refractivity contribution in [1.82, 2.24) is 9.37 Å². The molecule has 0 unspecified atom stereocenters. The third-order valence-corrected chi connectivity index (χ3v) is 7.73. The zero-order valence-corrected chi connectivity index (χ0v) is 24.1. The van der Waals surface area contributed by atoms with Crippen LogP contribution in [0.25, 0.3) is 0 Å². The molecule has 220 valence electrons. The first-order chi connectivity index (χ1) is 18.5. The zero-order chi connectivity index (χ0) is 30.0. The summed E-state index contributed by atoms with van der Waals surface area (Å²) in [4.78, 5) is 29.6. The minimum Gasteiger partial charge on any atom is -0.492 e. The van der Waals surface area contributed by atoms with Crippen LogP contribution in [-0.4, -0.2) is 61.8 Å². The fraction of sp³-hybridized carbons (Fsp3) is 0.417. The summed E-state index contributed by atoms with van der Waals surface area (Å²) in [5, 5.41) is 0.769. The van der Waals surface area contributed by atoms with Gasteiger partial charge < -0.3 is 9.57 Å². The monoisotopic (exact) mass is 648 g/mol. The number of sulfonamides is 1. The van der Waals surface area contributed by atoms with E-state index in [4.69, 9.17) is 39.5 Å². The van der Waals surface area contributed by atoms with Gasteiger partial charge >= 0.3 is 18.1 Å². The van der Waals surface area contributed by atoms with Crippen molar-refractivity contribution in [2.75, 3.05) is 26.0 Å². The smallest absolute Gasteiger partial charge is 0.492 e. The normalized spacial score (nSPS) is 15.9. The Labute approximate surface area is 242 Å². The summed E-state index contributed by atoms with van der Waals surface area (Å²) >= 11 is 18.3. The Morgan fingerprint density at radius 2 is 1.65 bits per heavy atom. The quantitative estimate of drug-likeness (QED) is 0.266. The maximum absolute atomic E-state index is 14.8. The van der Waals surface area contributed by atoms with Crippen molar-refractivity contribution in [2.24, 2.45) is 5.92 Å². The fourth-order valence-corrected chi connectivity index (χ4v) is 5.39. The van der Waals surface area contributed by atoms with Crippen LogP contribution in [0.4, 0.5) is 17.6 Å². The summed E-state index contributed by atoms with van der Waals surface area (Å²) in [5.41, 5.74) is -0.0760. The minimum absolute atomic E-state index is 0.0635. The van der Waals surface area contributed by atoms with Crippen LogP contribution >= 0.6 is 34.8 Å². The molecule has 0 spiro atoms. The Hall–Kier alpha value is -2.32. The second-order valence-electron chi connectivity index (χ2n) is 9.10. The molecule has 0 aromatic heterocycles. The molecule has 1 amide bonds. The molecule has 1 heterocycles. The number of likely N-dealkylation sites (tertiary alicyclic amines) is 1. The molecule has 1 aliphatic heterocycles. The maximum Gasteiger partial charge on any atom is 0.493 e. The van der Waals surface area contributed by atoms with Crippen LogP contribution in [-0.2, 0) is 19.7 Å². The van der Waals surface area contributed by atoms with Gasteiger partial charge in [-0.15, -0.1) is 0 Å². The highest BCUT2D eigenvalue weighted by molar-refractivity contribution is 7.88. The molecule has 0 bridgehead atoms. The van der Waals surface area contributed by atoms with Crippen molar-refractivity contribution in [3.8, 4) is 5.75 Å². The number of hydroxylamine groups is 1. The summed E-state index contributed by atoms with van der Waals surface area (Å²) < 4.78 is 80.7. The van der Waals surface area contributed by atoms with Crippen LogP contribution in [0.2, 0.25) is 15.1 Å². The highest BCUT2D eigenvalue weighted by Gasteiger charge is 2.45. The highest BCUT2D eigenvalue weighted by atomic mass is 35.5. The molecule has 1 atom stereocenters. The second-order valence-corrected chi connectivity index (χ2v) is 12.2. The zero-order valence-electron chi connectivity index (χ0n) is 21.0. The lowest BCUT2D eigenvalue weighted by Crippen LogP contribution is -2.42. The van der Waals surface area contributed by atoms with Gasteiger partial charge in [0.15, 0.2) is 0 Å². The van der Waals surface area contributed by atoms with Crippen LogP contribution in [0, 0.1) is 11.7 Å². The number of hydrogen-bond donors (Lipinski definition) is 0. The molecular formula is C24H23Cl3F4N2O6S. The van der Waals surface area contributed by atoms with E-state index in [0.29, 0.717) is 28.4 Å². The van der Waals surface area contributed by atoms with E-state index in [1.807, 2.05) is 19.1 Å². The number of nitrogens with zero attached hydrogens (tertiary/aromatic N) is 2. The summed E-state index contributed by atoms with van der Waals surface area (Å²) in [7, 11) is -4.88. The molecule has 2 aromatic rings. The van der Waals surface area contributed by atoms with Crippen molar-refractivity contribution in [3.05, 3.63) is 62.3 Å². The number of amides is 1. The van der Waals surface area contributed by atoms with Gasteiger partial charge in [0.2, 0.25) is 0 Å². The Bertz CT molecular complexity index is 1370. The third-order valence-electron chi connectivity index (χ3n) is 6.15. The predicted octanol–water partition coefficient (Wildman–Crippen LogP) is 6.06. The molecule has 2 aromatic carbocycles. The van der Waals surface area contributed by atoms with Gasteiger partial charge in [0.1, 0.15) is 11.6 Å². The number of carbonyl (C=O) groups excluding carboxylic acids is 2. The van der Waals surface area contributed by atoms with Gasteiger partial charge in [0.05, 0.1) is 23.4 Å². The van der Waals surface area contributed by atoms with Crippen molar-refractivity contribution >= 4 is 56.7 Å². The molecule has 0 N–H and O–H groups in total. The first-order valence-electron chi connectivity index (χ1n) is 11.6. The maximum atomic E-state index is 14.8. The van der Waals surface area contributed by atoms with Crippen molar-refractivity contribution in [3.63, 3.8) is 0 Å². The molecule has 3 rings (SSSR count). The van der Waals surface area contributed by atoms with Crippen molar-refractivity contribution < 1.29 is 45.1 Å².